The number of hydrogen-bond acceptors (Lipinski definition) is 4. The zero-order valence-corrected chi connectivity index (χ0v) is 15.7. The maximum Gasteiger partial charge on any atom is 0.264 e. The van der Waals surface area contributed by atoms with Crippen LogP contribution in [0.2, 0.25) is 5.02 Å². The Morgan fingerprint density at radius 2 is 2.08 bits per heavy atom. The van der Waals surface area contributed by atoms with Crippen molar-refractivity contribution in [3.8, 4) is 5.75 Å². The monoisotopic (exact) mass is 374 g/mol. The van der Waals surface area contributed by atoms with E-state index in [-0.39, 0.29) is 5.91 Å². The number of amidine groups is 1. The molecule has 3 rings (SSSR count). The fourth-order valence-corrected chi connectivity index (χ4v) is 3.71. The lowest BCUT2D eigenvalue weighted by atomic mass is 10.2. The third kappa shape index (κ3) is 3.99. The Bertz CT molecular complexity index is 792. The molecule has 0 fully saturated rings. The lowest BCUT2D eigenvalue weighted by Crippen LogP contribution is -2.34. The van der Waals surface area contributed by atoms with Gasteiger partial charge in [-0.2, -0.15) is 0 Å². The molecule has 130 valence electrons. The Kier molecular flexibility index (Phi) is 5.66. The molecule has 0 saturated heterocycles. The van der Waals surface area contributed by atoms with E-state index in [0.29, 0.717) is 21.6 Å². The summed E-state index contributed by atoms with van der Waals surface area (Å²) in [5.41, 5.74) is 1.30. The molecule has 0 aromatic heterocycles. The highest BCUT2D eigenvalue weighted by atomic mass is 35.5. The summed E-state index contributed by atoms with van der Waals surface area (Å²) in [6.07, 6.45) is 1.01. The molecule has 1 aliphatic heterocycles. The molecule has 6 heteroatoms. The van der Waals surface area contributed by atoms with E-state index in [0.717, 1.165) is 23.8 Å². The quantitative estimate of drug-likeness (QED) is 0.766. The highest BCUT2D eigenvalue weighted by Gasteiger charge is 2.29. The Morgan fingerprint density at radius 1 is 1.32 bits per heavy atom. The number of nitrogens with zero attached hydrogens (tertiary/aromatic N) is 2. The molecule has 1 heterocycles. The van der Waals surface area contributed by atoms with Crippen LogP contribution in [0.4, 0.5) is 5.69 Å². The summed E-state index contributed by atoms with van der Waals surface area (Å²) in [4.78, 5) is 19.4. The van der Waals surface area contributed by atoms with Gasteiger partial charge in [-0.05, 0) is 42.8 Å². The second-order valence-corrected chi connectivity index (χ2v) is 7.32. The molecule has 0 N–H and O–H groups in total. The normalized spacial score (nSPS) is 16.4. The van der Waals surface area contributed by atoms with Crippen LogP contribution in [0.15, 0.2) is 53.5 Å². The number of benzene rings is 2. The summed E-state index contributed by atoms with van der Waals surface area (Å²) in [5, 5.41) is 1.73. The molecule has 0 radical (unpaired) electrons. The van der Waals surface area contributed by atoms with Gasteiger partial charge in [-0.1, -0.05) is 36.4 Å². The topological polar surface area (TPSA) is 41.9 Å². The molecule has 2 aromatic carbocycles. The number of aliphatic imine (C=N–C) groups is 1. The molecular weight excluding hydrogens is 356 g/mol. The van der Waals surface area contributed by atoms with Gasteiger partial charge in [0, 0.05) is 21.9 Å². The summed E-state index contributed by atoms with van der Waals surface area (Å²) in [7, 11) is 1.61. The fraction of sp³-hybridized carbons (Fsp3) is 0.263. The summed E-state index contributed by atoms with van der Waals surface area (Å²) < 4.78 is 5.31. The average Bonchev–Trinajstić information content (AvgIpc) is 3.11. The zero-order chi connectivity index (χ0) is 17.8. The molecule has 1 amide bonds. The molecular formula is C19H19ClN2O2S. The first-order valence-electron chi connectivity index (χ1n) is 8.07. The van der Waals surface area contributed by atoms with Gasteiger partial charge in [0.05, 0.1) is 19.3 Å². The van der Waals surface area contributed by atoms with Gasteiger partial charge in [0.25, 0.3) is 5.91 Å². The maximum absolute atomic E-state index is 13.2. The van der Waals surface area contributed by atoms with E-state index in [4.69, 9.17) is 16.3 Å². The number of ether oxygens (including phenoxy) is 1. The molecule has 2 aromatic rings. The Hall–Kier alpha value is -1.98. The summed E-state index contributed by atoms with van der Waals surface area (Å²) in [5.74, 6) is 0.565. The number of hydrogen-bond donors (Lipinski definition) is 0. The lowest BCUT2D eigenvalue weighted by Gasteiger charge is -2.23. The van der Waals surface area contributed by atoms with Crippen LogP contribution >= 0.6 is 23.4 Å². The Balaban J connectivity index is 1.99. The second-order valence-electron chi connectivity index (χ2n) is 5.62. The SMILES string of the molecule is CC[C@@H]1CN=C(N(C(=O)c2ccc(Cl)cc2)c2cccc(OC)c2)S1. The van der Waals surface area contributed by atoms with Crippen molar-refractivity contribution in [2.75, 3.05) is 18.6 Å². The van der Waals surface area contributed by atoms with Crippen LogP contribution in [0.1, 0.15) is 23.7 Å². The van der Waals surface area contributed by atoms with E-state index < -0.39 is 0 Å². The van der Waals surface area contributed by atoms with Gasteiger partial charge in [0.2, 0.25) is 0 Å². The number of halogens is 1. The molecule has 25 heavy (non-hydrogen) atoms. The maximum atomic E-state index is 13.2. The van der Waals surface area contributed by atoms with Crippen molar-refractivity contribution < 1.29 is 9.53 Å². The molecule has 1 atom stereocenters. The number of anilines is 1. The molecule has 1 aliphatic rings. The third-order valence-electron chi connectivity index (χ3n) is 3.95. The second kappa shape index (κ2) is 7.93. The zero-order valence-electron chi connectivity index (χ0n) is 14.1. The van der Waals surface area contributed by atoms with Crippen LogP contribution in [0.25, 0.3) is 0 Å². The minimum absolute atomic E-state index is 0.132. The molecule has 4 nitrogen and oxygen atoms in total. The largest absolute Gasteiger partial charge is 0.497 e. The van der Waals surface area contributed by atoms with Crippen LogP contribution in [0, 0.1) is 0 Å². The standard InChI is InChI=1S/C19H19ClN2O2S/c1-3-17-12-21-19(25-17)22(15-5-4-6-16(11-15)24-2)18(23)13-7-9-14(20)10-8-13/h4-11,17H,3,12H2,1-2H3/t17-/m1/s1. The van der Waals surface area contributed by atoms with Crippen LogP contribution < -0.4 is 9.64 Å². The van der Waals surface area contributed by atoms with Gasteiger partial charge in [-0.3, -0.25) is 14.7 Å². The summed E-state index contributed by atoms with van der Waals surface area (Å²) in [6, 6.07) is 14.4. The summed E-state index contributed by atoms with van der Waals surface area (Å²) >= 11 is 7.59. The first-order chi connectivity index (χ1) is 12.1. The van der Waals surface area contributed by atoms with Crippen molar-refractivity contribution in [1.29, 1.82) is 0 Å². The smallest absolute Gasteiger partial charge is 0.264 e. The van der Waals surface area contributed by atoms with Crippen LogP contribution in [-0.4, -0.2) is 30.0 Å². The predicted molar refractivity (Wildman–Crippen MR) is 105 cm³/mol. The van der Waals surface area contributed by atoms with Gasteiger partial charge in [0.15, 0.2) is 5.17 Å². The van der Waals surface area contributed by atoms with Crippen molar-refractivity contribution in [1.82, 2.24) is 0 Å². The van der Waals surface area contributed by atoms with Crippen LogP contribution in [0.3, 0.4) is 0 Å². The number of amides is 1. The summed E-state index contributed by atoms with van der Waals surface area (Å²) in [6.45, 7) is 2.86. The molecule has 0 spiro atoms. The lowest BCUT2D eigenvalue weighted by molar-refractivity contribution is 0.100. The first-order valence-corrected chi connectivity index (χ1v) is 9.33. The molecule has 0 bridgehead atoms. The van der Waals surface area contributed by atoms with E-state index in [9.17, 15) is 4.79 Å². The van der Waals surface area contributed by atoms with Crippen molar-refractivity contribution in [2.45, 2.75) is 18.6 Å². The van der Waals surface area contributed by atoms with Gasteiger partial charge in [0.1, 0.15) is 5.75 Å². The minimum Gasteiger partial charge on any atom is -0.497 e. The van der Waals surface area contributed by atoms with Crippen molar-refractivity contribution in [3.63, 3.8) is 0 Å². The van der Waals surface area contributed by atoms with E-state index in [1.54, 1.807) is 48.0 Å². The number of carbonyl (C=O) groups excluding carboxylic acids is 1. The van der Waals surface area contributed by atoms with E-state index in [1.165, 1.54) is 0 Å². The number of carbonyl (C=O) groups is 1. The molecule has 0 saturated carbocycles. The number of thioether (sulfide) groups is 1. The predicted octanol–water partition coefficient (Wildman–Crippen LogP) is 4.88. The van der Waals surface area contributed by atoms with Crippen LogP contribution in [0.5, 0.6) is 5.75 Å². The van der Waals surface area contributed by atoms with Crippen molar-refractivity contribution in [3.05, 3.63) is 59.1 Å². The highest BCUT2D eigenvalue weighted by Crippen LogP contribution is 2.31. The Labute approximate surface area is 156 Å². The average molecular weight is 375 g/mol. The van der Waals surface area contributed by atoms with Crippen molar-refractivity contribution in [2.24, 2.45) is 4.99 Å². The minimum atomic E-state index is -0.132. The number of methoxy groups -OCH3 is 1. The van der Waals surface area contributed by atoms with Gasteiger partial charge in [-0.15, -0.1) is 0 Å². The van der Waals surface area contributed by atoms with E-state index >= 15 is 0 Å². The van der Waals surface area contributed by atoms with Crippen molar-refractivity contribution >= 4 is 40.1 Å². The Morgan fingerprint density at radius 3 is 2.72 bits per heavy atom. The highest BCUT2D eigenvalue weighted by molar-refractivity contribution is 8.15. The van der Waals surface area contributed by atoms with Crippen LogP contribution in [-0.2, 0) is 0 Å². The van der Waals surface area contributed by atoms with E-state index in [2.05, 4.69) is 11.9 Å². The first kappa shape index (κ1) is 17.8. The fourth-order valence-electron chi connectivity index (χ4n) is 2.53. The van der Waals surface area contributed by atoms with Gasteiger partial charge >= 0.3 is 0 Å². The van der Waals surface area contributed by atoms with Gasteiger partial charge in [-0.25, -0.2) is 0 Å². The number of rotatable bonds is 4. The molecule has 0 aliphatic carbocycles. The molecule has 0 unspecified atom stereocenters. The van der Waals surface area contributed by atoms with E-state index in [1.807, 2.05) is 24.3 Å². The third-order valence-corrected chi connectivity index (χ3v) is 5.54. The van der Waals surface area contributed by atoms with Gasteiger partial charge < -0.3 is 4.74 Å².